The molecule has 0 unspecified atom stereocenters. The van der Waals surface area contributed by atoms with Crippen LogP contribution >= 0.6 is 0 Å². The molecule has 2 nitrogen and oxygen atoms in total. The minimum Gasteiger partial charge on any atom is -0.493 e. The Labute approximate surface area is 127 Å². The van der Waals surface area contributed by atoms with Crippen LogP contribution in [0.25, 0.3) is 0 Å². The second kappa shape index (κ2) is 8.25. The minimum atomic E-state index is 0.664. The van der Waals surface area contributed by atoms with Gasteiger partial charge < -0.3 is 4.74 Å². The summed E-state index contributed by atoms with van der Waals surface area (Å²) in [4.78, 5) is 4.54. The third-order valence-electron chi connectivity index (χ3n) is 3.33. The number of aliphatic imine (C=N–C) groups is 1. The molecule has 0 aliphatic heterocycles. The van der Waals surface area contributed by atoms with E-state index in [0.717, 1.165) is 23.4 Å². The number of ether oxygens (including phenoxy) is 1. The topological polar surface area (TPSA) is 21.6 Å². The van der Waals surface area contributed by atoms with Crippen molar-refractivity contribution >= 4 is 11.9 Å². The number of hydrogen-bond donors (Lipinski definition) is 0. The van der Waals surface area contributed by atoms with Crippen molar-refractivity contribution in [3.8, 4) is 5.75 Å². The Morgan fingerprint density at radius 2 is 1.76 bits per heavy atom. The number of aryl methyl sites for hydroxylation is 1. The average Bonchev–Trinajstić information content (AvgIpc) is 2.53. The van der Waals surface area contributed by atoms with Gasteiger partial charge in [0.1, 0.15) is 5.75 Å². The molecule has 0 aromatic heterocycles. The Bertz CT molecular complexity index is 572. The lowest BCUT2D eigenvalue weighted by molar-refractivity contribution is 0.340. The maximum absolute atomic E-state index is 5.60. The Balaban J connectivity index is 2.07. The van der Waals surface area contributed by atoms with Gasteiger partial charge >= 0.3 is 0 Å². The summed E-state index contributed by atoms with van der Waals surface area (Å²) in [5.41, 5.74) is 3.36. The molecule has 0 aliphatic rings. The number of unbranched alkanes of at least 4 members (excludes halogenated alkanes) is 1. The van der Waals surface area contributed by atoms with Crippen LogP contribution in [0.3, 0.4) is 0 Å². The van der Waals surface area contributed by atoms with Gasteiger partial charge in [0, 0.05) is 11.8 Å². The SMILES string of the molecule is CCCCc1ccc(/N=C\c2ccccc2OCC)cc1. The molecule has 2 aromatic rings. The molecule has 0 bridgehead atoms. The molecular formula is C19H23NO. The monoisotopic (exact) mass is 281 g/mol. The lowest BCUT2D eigenvalue weighted by atomic mass is 10.1. The van der Waals surface area contributed by atoms with E-state index >= 15 is 0 Å². The highest BCUT2D eigenvalue weighted by molar-refractivity contribution is 5.85. The lowest BCUT2D eigenvalue weighted by Crippen LogP contribution is -1.95. The van der Waals surface area contributed by atoms with Crippen LogP contribution in [0.2, 0.25) is 0 Å². The van der Waals surface area contributed by atoms with Gasteiger partial charge in [-0.3, -0.25) is 4.99 Å². The number of rotatable bonds is 7. The Kier molecular flexibility index (Phi) is 6.01. The van der Waals surface area contributed by atoms with Crippen LogP contribution in [0, 0.1) is 0 Å². The maximum Gasteiger partial charge on any atom is 0.128 e. The average molecular weight is 281 g/mol. The van der Waals surface area contributed by atoms with Crippen molar-refractivity contribution in [3.05, 3.63) is 59.7 Å². The van der Waals surface area contributed by atoms with E-state index in [0.29, 0.717) is 6.61 Å². The molecule has 110 valence electrons. The maximum atomic E-state index is 5.60. The van der Waals surface area contributed by atoms with Gasteiger partial charge in [-0.2, -0.15) is 0 Å². The molecule has 0 radical (unpaired) electrons. The summed E-state index contributed by atoms with van der Waals surface area (Å²) < 4.78 is 5.60. The van der Waals surface area contributed by atoms with Crippen LogP contribution in [0.1, 0.15) is 37.8 Å². The molecule has 21 heavy (non-hydrogen) atoms. The molecule has 0 saturated heterocycles. The summed E-state index contributed by atoms with van der Waals surface area (Å²) in [5, 5.41) is 0. The molecule has 0 heterocycles. The van der Waals surface area contributed by atoms with Crippen molar-refractivity contribution in [1.82, 2.24) is 0 Å². The summed E-state index contributed by atoms with van der Waals surface area (Å²) in [6, 6.07) is 16.4. The smallest absolute Gasteiger partial charge is 0.128 e. The van der Waals surface area contributed by atoms with Gasteiger partial charge in [0.05, 0.1) is 12.3 Å². The van der Waals surface area contributed by atoms with Crippen molar-refractivity contribution in [3.63, 3.8) is 0 Å². The predicted molar refractivity (Wildman–Crippen MR) is 89.9 cm³/mol. The summed E-state index contributed by atoms with van der Waals surface area (Å²) in [6.07, 6.45) is 5.48. The van der Waals surface area contributed by atoms with E-state index in [9.17, 15) is 0 Å². The van der Waals surface area contributed by atoms with Gasteiger partial charge in [-0.05, 0) is 49.6 Å². The highest BCUT2D eigenvalue weighted by Gasteiger charge is 1.99. The molecule has 2 rings (SSSR count). The Morgan fingerprint density at radius 1 is 1.00 bits per heavy atom. The number of hydrogen-bond acceptors (Lipinski definition) is 2. The molecule has 0 saturated carbocycles. The van der Waals surface area contributed by atoms with E-state index in [-0.39, 0.29) is 0 Å². The van der Waals surface area contributed by atoms with Crippen molar-refractivity contribution in [2.45, 2.75) is 33.1 Å². The first-order valence-corrected chi connectivity index (χ1v) is 7.68. The second-order valence-corrected chi connectivity index (χ2v) is 5.00. The molecule has 0 amide bonds. The summed E-state index contributed by atoms with van der Waals surface area (Å²) in [6.45, 7) is 4.87. The van der Waals surface area contributed by atoms with Gasteiger partial charge in [-0.25, -0.2) is 0 Å². The van der Waals surface area contributed by atoms with Crippen LogP contribution in [-0.2, 0) is 6.42 Å². The van der Waals surface area contributed by atoms with Gasteiger partial charge in [0.25, 0.3) is 0 Å². The first-order valence-electron chi connectivity index (χ1n) is 7.68. The zero-order valence-electron chi connectivity index (χ0n) is 12.9. The van der Waals surface area contributed by atoms with Crippen molar-refractivity contribution in [2.75, 3.05) is 6.61 Å². The van der Waals surface area contributed by atoms with Crippen molar-refractivity contribution in [1.29, 1.82) is 0 Å². The molecule has 2 aromatic carbocycles. The number of benzene rings is 2. The first kappa shape index (κ1) is 15.3. The van der Waals surface area contributed by atoms with Gasteiger partial charge in [-0.15, -0.1) is 0 Å². The van der Waals surface area contributed by atoms with Gasteiger partial charge in [-0.1, -0.05) is 37.6 Å². The van der Waals surface area contributed by atoms with Crippen LogP contribution in [0.4, 0.5) is 5.69 Å². The third kappa shape index (κ3) is 4.75. The summed E-state index contributed by atoms with van der Waals surface area (Å²) in [7, 11) is 0. The molecular weight excluding hydrogens is 258 g/mol. The van der Waals surface area contributed by atoms with Crippen molar-refractivity contribution in [2.24, 2.45) is 4.99 Å². The fourth-order valence-corrected chi connectivity index (χ4v) is 2.15. The van der Waals surface area contributed by atoms with Crippen LogP contribution in [0.5, 0.6) is 5.75 Å². The lowest BCUT2D eigenvalue weighted by Gasteiger charge is -2.05. The highest BCUT2D eigenvalue weighted by Crippen LogP contribution is 2.18. The molecule has 0 N–H and O–H groups in total. The van der Waals surface area contributed by atoms with Crippen LogP contribution < -0.4 is 4.74 Å². The van der Waals surface area contributed by atoms with Gasteiger partial charge in [0.15, 0.2) is 0 Å². The zero-order chi connectivity index (χ0) is 14.9. The van der Waals surface area contributed by atoms with E-state index in [4.69, 9.17) is 4.74 Å². The van der Waals surface area contributed by atoms with Gasteiger partial charge in [0.2, 0.25) is 0 Å². The van der Waals surface area contributed by atoms with E-state index in [1.165, 1.54) is 18.4 Å². The third-order valence-corrected chi connectivity index (χ3v) is 3.33. The van der Waals surface area contributed by atoms with Crippen molar-refractivity contribution < 1.29 is 4.74 Å². The molecule has 0 fully saturated rings. The second-order valence-electron chi connectivity index (χ2n) is 5.00. The van der Waals surface area contributed by atoms with E-state index in [1.807, 2.05) is 37.4 Å². The van der Waals surface area contributed by atoms with E-state index < -0.39 is 0 Å². The quantitative estimate of drug-likeness (QED) is 0.641. The normalized spacial score (nSPS) is 11.0. The Hall–Kier alpha value is -2.09. The van der Waals surface area contributed by atoms with Crippen LogP contribution in [0.15, 0.2) is 53.5 Å². The molecule has 2 heteroatoms. The largest absolute Gasteiger partial charge is 0.493 e. The van der Waals surface area contributed by atoms with E-state index in [2.05, 4.69) is 36.2 Å². The fourth-order valence-electron chi connectivity index (χ4n) is 2.15. The van der Waals surface area contributed by atoms with Crippen LogP contribution in [-0.4, -0.2) is 12.8 Å². The molecule has 0 spiro atoms. The fraction of sp³-hybridized carbons (Fsp3) is 0.316. The number of nitrogens with zero attached hydrogens (tertiary/aromatic N) is 1. The number of para-hydroxylation sites is 1. The summed E-state index contributed by atoms with van der Waals surface area (Å²) in [5.74, 6) is 0.878. The Morgan fingerprint density at radius 3 is 2.48 bits per heavy atom. The molecule has 0 atom stereocenters. The first-order chi connectivity index (χ1) is 10.3. The van der Waals surface area contributed by atoms with E-state index in [1.54, 1.807) is 0 Å². The standard InChI is InChI=1S/C19H23NO/c1-3-5-8-16-11-13-18(14-12-16)20-15-17-9-6-7-10-19(17)21-4-2/h6-7,9-15H,3-5,8H2,1-2H3/b20-15-. The minimum absolute atomic E-state index is 0.664. The predicted octanol–water partition coefficient (Wildman–Crippen LogP) is 5.18. The zero-order valence-corrected chi connectivity index (χ0v) is 12.9. The highest BCUT2D eigenvalue weighted by atomic mass is 16.5. The summed E-state index contributed by atoms with van der Waals surface area (Å²) >= 11 is 0. The molecule has 0 aliphatic carbocycles.